The minimum absolute atomic E-state index is 0.199. The number of fused-ring (bicyclic) bond motifs is 2. The predicted molar refractivity (Wildman–Crippen MR) is 67.5 cm³/mol. The lowest BCUT2D eigenvalue weighted by Crippen LogP contribution is -2.40. The highest BCUT2D eigenvalue weighted by atomic mass is 16.3. The monoisotopic (exact) mass is 239 g/mol. The molecule has 3 nitrogen and oxygen atoms in total. The number of rotatable bonds is 4. The molecule has 0 aromatic rings. The number of hydrogen-bond acceptors (Lipinski definition) is 2. The number of amides is 1. The van der Waals surface area contributed by atoms with E-state index in [2.05, 4.69) is 0 Å². The van der Waals surface area contributed by atoms with Crippen LogP contribution in [0.5, 0.6) is 0 Å². The van der Waals surface area contributed by atoms with Crippen molar-refractivity contribution < 1.29 is 9.90 Å². The zero-order valence-electron chi connectivity index (χ0n) is 11.3. The van der Waals surface area contributed by atoms with E-state index in [1.54, 1.807) is 25.8 Å². The summed E-state index contributed by atoms with van der Waals surface area (Å²) in [6.45, 7) is 3.91. The Kier molecular flexibility index (Phi) is 3.48. The van der Waals surface area contributed by atoms with E-state index in [4.69, 9.17) is 0 Å². The van der Waals surface area contributed by atoms with Crippen LogP contribution in [0.25, 0.3) is 0 Å². The highest BCUT2D eigenvalue weighted by molar-refractivity contribution is 5.76. The summed E-state index contributed by atoms with van der Waals surface area (Å²) in [5, 5.41) is 9.71. The summed E-state index contributed by atoms with van der Waals surface area (Å²) >= 11 is 0. The van der Waals surface area contributed by atoms with Crippen LogP contribution in [0.3, 0.4) is 0 Å². The SMILES string of the molecule is CN(CC(C)(C)O)C(=O)CC1CC2CCC1C2. The Morgan fingerprint density at radius 3 is 2.53 bits per heavy atom. The summed E-state index contributed by atoms with van der Waals surface area (Å²) in [4.78, 5) is 13.8. The Hall–Kier alpha value is -0.570. The van der Waals surface area contributed by atoms with E-state index in [1.165, 1.54) is 25.7 Å². The fourth-order valence-electron chi connectivity index (χ4n) is 3.68. The van der Waals surface area contributed by atoms with Gasteiger partial charge in [0.25, 0.3) is 0 Å². The minimum atomic E-state index is -0.793. The van der Waals surface area contributed by atoms with Crippen LogP contribution in [0.1, 0.15) is 46.0 Å². The number of likely N-dealkylation sites (N-methyl/N-ethyl adjacent to an activating group) is 1. The summed E-state index contributed by atoms with van der Waals surface area (Å²) in [5.41, 5.74) is -0.793. The number of hydrogen-bond donors (Lipinski definition) is 1. The largest absolute Gasteiger partial charge is 0.389 e. The van der Waals surface area contributed by atoms with Crippen molar-refractivity contribution in [2.45, 2.75) is 51.6 Å². The van der Waals surface area contributed by atoms with Crippen LogP contribution in [0, 0.1) is 17.8 Å². The molecule has 3 heteroatoms. The number of carbonyl (C=O) groups is 1. The van der Waals surface area contributed by atoms with Gasteiger partial charge in [0.2, 0.25) is 5.91 Å². The first-order chi connectivity index (χ1) is 7.85. The quantitative estimate of drug-likeness (QED) is 0.815. The lowest BCUT2D eigenvalue weighted by atomic mass is 9.86. The lowest BCUT2D eigenvalue weighted by molar-refractivity contribution is -0.134. The molecule has 3 unspecified atom stereocenters. The molecule has 0 radical (unpaired) electrons. The van der Waals surface area contributed by atoms with Gasteiger partial charge in [-0.1, -0.05) is 6.42 Å². The molecule has 1 amide bonds. The van der Waals surface area contributed by atoms with Crippen LogP contribution < -0.4 is 0 Å². The molecular weight excluding hydrogens is 214 g/mol. The summed E-state index contributed by atoms with van der Waals surface area (Å²) < 4.78 is 0. The van der Waals surface area contributed by atoms with Gasteiger partial charge in [0, 0.05) is 20.0 Å². The Morgan fingerprint density at radius 2 is 2.06 bits per heavy atom. The fourth-order valence-corrected chi connectivity index (χ4v) is 3.68. The van der Waals surface area contributed by atoms with Crippen molar-refractivity contribution in [2.24, 2.45) is 17.8 Å². The lowest BCUT2D eigenvalue weighted by Gasteiger charge is -2.28. The topological polar surface area (TPSA) is 40.5 Å². The molecule has 2 aliphatic rings. The van der Waals surface area contributed by atoms with Crippen LogP contribution >= 0.6 is 0 Å². The molecule has 0 heterocycles. The molecule has 2 fully saturated rings. The van der Waals surface area contributed by atoms with E-state index in [0.717, 1.165) is 11.8 Å². The predicted octanol–water partition coefficient (Wildman–Crippen LogP) is 2.04. The van der Waals surface area contributed by atoms with Gasteiger partial charge in [-0.3, -0.25) is 4.79 Å². The Balaban J connectivity index is 1.81. The molecule has 0 aliphatic heterocycles. The molecule has 2 bridgehead atoms. The van der Waals surface area contributed by atoms with Gasteiger partial charge >= 0.3 is 0 Å². The molecular formula is C14H25NO2. The van der Waals surface area contributed by atoms with E-state index in [0.29, 0.717) is 18.9 Å². The second-order valence-corrected chi connectivity index (χ2v) is 6.70. The highest BCUT2D eigenvalue weighted by Gasteiger charge is 2.40. The van der Waals surface area contributed by atoms with Crippen molar-refractivity contribution in [2.75, 3.05) is 13.6 Å². The molecule has 2 saturated carbocycles. The standard InChI is InChI=1S/C14H25NO2/c1-14(2,17)9-15(3)13(16)8-12-7-10-4-5-11(12)6-10/h10-12,17H,4-9H2,1-3H3. The van der Waals surface area contributed by atoms with E-state index < -0.39 is 5.60 Å². The van der Waals surface area contributed by atoms with Gasteiger partial charge in [0.05, 0.1) is 5.60 Å². The van der Waals surface area contributed by atoms with Gasteiger partial charge in [0.1, 0.15) is 0 Å². The van der Waals surface area contributed by atoms with Crippen molar-refractivity contribution in [3.05, 3.63) is 0 Å². The minimum Gasteiger partial charge on any atom is -0.389 e. The zero-order chi connectivity index (χ0) is 12.6. The Bertz CT molecular complexity index is 295. The Labute approximate surface area is 104 Å². The highest BCUT2D eigenvalue weighted by Crippen LogP contribution is 2.49. The third kappa shape index (κ3) is 3.21. The number of aliphatic hydroxyl groups is 1. The van der Waals surface area contributed by atoms with Gasteiger partial charge in [-0.15, -0.1) is 0 Å². The fraction of sp³-hybridized carbons (Fsp3) is 0.929. The van der Waals surface area contributed by atoms with Gasteiger partial charge in [-0.25, -0.2) is 0 Å². The second kappa shape index (κ2) is 4.60. The van der Waals surface area contributed by atoms with Crippen molar-refractivity contribution in [1.82, 2.24) is 4.90 Å². The van der Waals surface area contributed by atoms with Gasteiger partial charge in [0.15, 0.2) is 0 Å². The first kappa shape index (κ1) is 12.9. The van der Waals surface area contributed by atoms with Crippen molar-refractivity contribution >= 4 is 5.91 Å². The smallest absolute Gasteiger partial charge is 0.222 e. The van der Waals surface area contributed by atoms with Crippen molar-refractivity contribution in [1.29, 1.82) is 0 Å². The maximum atomic E-state index is 12.1. The van der Waals surface area contributed by atoms with Gasteiger partial charge in [-0.2, -0.15) is 0 Å². The molecule has 0 saturated heterocycles. The molecule has 0 aromatic carbocycles. The summed E-state index contributed by atoms with van der Waals surface area (Å²) in [6, 6.07) is 0. The Morgan fingerprint density at radius 1 is 1.35 bits per heavy atom. The average molecular weight is 239 g/mol. The second-order valence-electron chi connectivity index (χ2n) is 6.70. The molecule has 1 N–H and O–H groups in total. The van der Waals surface area contributed by atoms with Crippen LogP contribution in [0.2, 0.25) is 0 Å². The third-order valence-corrected chi connectivity index (χ3v) is 4.37. The molecule has 98 valence electrons. The maximum Gasteiger partial charge on any atom is 0.222 e. The van der Waals surface area contributed by atoms with Crippen molar-refractivity contribution in [3.8, 4) is 0 Å². The van der Waals surface area contributed by atoms with Crippen molar-refractivity contribution in [3.63, 3.8) is 0 Å². The summed E-state index contributed by atoms with van der Waals surface area (Å²) in [5.74, 6) is 2.52. The number of carbonyl (C=O) groups excluding carboxylic acids is 1. The maximum absolute atomic E-state index is 12.1. The van der Waals surface area contributed by atoms with E-state index >= 15 is 0 Å². The zero-order valence-corrected chi connectivity index (χ0v) is 11.3. The molecule has 2 aliphatic carbocycles. The molecule has 17 heavy (non-hydrogen) atoms. The van der Waals surface area contributed by atoms with Crippen LogP contribution in [-0.2, 0) is 4.79 Å². The molecule has 3 atom stereocenters. The van der Waals surface area contributed by atoms with E-state index in [9.17, 15) is 9.90 Å². The van der Waals surface area contributed by atoms with Crippen LogP contribution in [0.15, 0.2) is 0 Å². The van der Waals surface area contributed by atoms with Crippen LogP contribution in [-0.4, -0.2) is 35.1 Å². The normalized spacial score (nSPS) is 31.9. The first-order valence-corrected chi connectivity index (χ1v) is 6.81. The molecule has 0 spiro atoms. The van der Waals surface area contributed by atoms with Gasteiger partial charge in [-0.05, 0) is 50.9 Å². The number of nitrogens with zero attached hydrogens (tertiary/aromatic N) is 1. The average Bonchev–Trinajstić information content (AvgIpc) is 2.76. The first-order valence-electron chi connectivity index (χ1n) is 6.81. The molecule has 2 rings (SSSR count). The van der Waals surface area contributed by atoms with E-state index in [1.807, 2.05) is 0 Å². The summed E-state index contributed by atoms with van der Waals surface area (Å²) in [6.07, 6.45) is 6.01. The van der Waals surface area contributed by atoms with E-state index in [-0.39, 0.29) is 5.91 Å². The third-order valence-electron chi connectivity index (χ3n) is 4.37. The molecule has 0 aromatic heterocycles. The van der Waals surface area contributed by atoms with Crippen LogP contribution in [0.4, 0.5) is 0 Å². The van der Waals surface area contributed by atoms with Gasteiger partial charge < -0.3 is 10.0 Å². The summed E-state index contributed by atoms with van der Waals surface area (Å²) in [7, 11) is 1.80.